The van der Waals surface area contributed by atoms with E-state index in [4.69, 9.17) is 0 Å². The molecule has 9 heteroatoms. The summed E-state index contributed by atoms with van der Waals surface area (Å²) in [5.41, 5.74) is 2.37. The summed E-state index contributed by atoms with van der Waals surface area (Å²) in [6.45, 7) is 2.19. The maximum absolute atomic E-state index is 13.1. The van der Waals surface area contributed by atoms with Crippen LogP contribution in [0.15, 0.2) is 23.4 Å². The molecule has 1 fully saturated rings. The fraction of sp³-hybridized carbons (Fsp3) is 0.545. The third-order valence-electron chi connectivity index (χ3n) is 6.37. The lowest BCUT2D eigenvalue weighted by Crippen LogP contribution is -2.51. The zero-order valence-electron chi connectivity index (χ0n) is 18.4. The highest BCUT2D eigenvalue weighted by Gasteiger charge is 2.33. The van der Waals surface area contributed by atoms with Crippen molar-refractivity contribution in [3.8, 4) is 0 Å². The summed E-state index contributed by atoms with van der Waals surface area (Å²) in [6.07, 6.45) is 8.86. The lowest BCUT2D eigenvalue weighted by atomic mass is 9.94. The smallest absolute Gasteiger partial charge is 0.263 e. The molecule has 2 aromatic heterocycles. The van der Waals surface area contributed by atoms with Crippen LogP contribution in [-0.4, -0.2) is 62.1 Å². The number of hydrogen-bond acceptors (Lipinski definition) is 5. The van der Waals surface area contributed by atoms with Gasteiger partial charge in [-0.25, -0.2) is 0 Å². The molecule has 0 bridgehead atoms. The molecule has 166 valence electrons. The van der Waals surface area contributed by atoms with Crippen LogP contribution in [0.3, 0.4) is 0 Å². The van der Waals surface area contributed by atoms with Crippen molar-refractivity contribution in [2.45, 2.75) is 44.8 Å². The average molecular weight is 427 g/mol. The van der Waals surface area contributed by atoms with Gasteiger partial charge < -0.3 is 14.8 Å². The lowest BCUT2D eigenvalue weighted by molar-refractivity contribution is -0.138. The zero-order chi connectivity index (χ0) is 22.1. The Balaban J connectivity index is 1.54. The Morgan fingerprint density at radius 2 is 1.97 bits per heavy atom. The molecule has 1 atom stereocenters. The number of rotatable bonds is 4. The van der Waals surface area contributed by atoms with E-state index < -0.39 is 0 Å². The Bertz CT molecular complexity index is 1060. The molecule has 0 radical (unpaired) electrons. The molecule has 2 aromatic rings. The summed E-state index contributed by atoms with van der Waals surface area (Å²) >= 11 is 0. The second kappa shape index (κ2) is 8.66. The third-order valence-corrected chi connectivity index (χ3v) is 6.37. The molecule has 9 nitrogen and oxygen atoms in total. The Morgan fingerprint density at radius 3 is 2.68 bits per heavy atom. The topological polar surface area (TPSA) is 92.5 Å². The van der Waals surface area contributed by atoms with Gasteiger partial charge in [0.25, 0.3) is 11.5 Å². The number of hydrogen-bond donors (Lipinski definition) is 1. The van der Waals surface area contributed by atoms with E-state index in [0.717, 1.165) is 42.5 Å². The van der Waals surface area contributed by atoms with Gasteiger partial charge in [0.2, 0.25) is 5.91 Å². The van der Waals surface area contributed by atoms with E-state index in [1.165, 1.54) is 4.57 Å². The predicted molar refractivity (Wildman–Crippen MR) is 115 cm³/mol. The number of aryl methyl sites for hydroxylation is 2. The van der Waals surface area contributed by atoms with Crippen LogP contribution in [-0.2, 0) is 38.4 Å². The van der Waals surface area contributed by atoms with E-state index in [-0.39, 0.29) is 29.0 Å². The first-order valence-corrected chi connectivity index (χ1v) is 10.8. The molecule has 1 saturated heterocycles. The number of pyridine rings is 1. The second-order valence-corrected chi connectivity index (χ2v) is 8.63. The standard InChI is InChI=1S/C22H30N6O3/c1-25-8-5-4-6-18(25)21(30)28-9-7-17-16(14-28)13-26(2)22(31)19(17)20(29)23-10-15-11-24-27(3)12-15/h11-13,18H,4-10,14H2,1-3H3,(H,23,29). The van der Waals surface area contributed by atoms with Gasteiger partial charge in [0, 0.05) is 51.7 Å². The number of likely N-dealkylation sites (tertiary alicyclic amines) is 1. The van der Waals surface area contributed by atoms with E-state index in [1.807, 2.05) is 25.2 Å². The van der Waals surface area contributed by atoms with Gasteiger partial charge in [-0.3, -0.25) is 24.0 Å². The molecule has 4 heterocycles. The molecule has 0 aromatic carbocycles. The largest absolute Gasteiger partial charge is 0.348 e. The Labute approximate surface area is 181 Å². The van der Waals surface area contributed by atoms with Crippen LogP contribution in [0, 0.1) is 0 Å². The number of fused-ring (bicyclic) bond motifs is 1. The van der Waals surface area contributed by atoms with Gasteiger partial charge in [-0.15, -0.1) is 0 Å². The van der Waals surface area contributed by atoms with Crippen LogP contribution >= 0.6 is 0 Å². The molecule has 2 aliphatic heterocycles. The molecule has 2 aliphatic rings. The summed E-state index contributed by atoms with van der Waals surface area (Å²) in [7, 11) is 5.47. The minimum atomic E-state index is -0.381. The summed E-state index contributed by atoms with van der Waals surface area (Å²) in [6, 6.07) is -0.0786. The van der Waals surface area contributed by atoms with Gasteiger partial charge in [0.15, 0.2) is 0 Å². The molecule has 4 rings (SSSR count). The molecular formula is C22H30N6O3. The van der Waals surface area contributed by atoms with E-state index >= 15 is 0 Å². The van der Waals surface area contributed by atoms with Gasteiger partial charge in [-0.1, -0.05) is 6.42 Å². The van der Waals surface area contributed by atoms with E-state index in [1.54, 1.807) is 24.1 Å². The fourth-order valence-electron chi connectivity index (χ4n) is 4.64. The predicted octanol–water partition coefficient (Wildman–Crippen LogP) is 0.418. The maximum Gasteiger partial charge on any atom is 0.263 e. The first-order chi connectivity index (χ1) is 14.8. The Kier molecular flexibility index (Phi) is 5.95. The molecule has 1 N–H and O–H groups in total. The van der Waals surface area contributed by atoms with Crippen molar-refractivity contribution in [3.63, 3.8) is 0 Å². The number of carbonyl (C=O) groups is 2. The number of aromatic nitrogens is 3. The van der Waals surface area contributed by atoms with Crippen molar-refractivity contribution in [1.29, 1.82) is 0 Å². The fourth-order valence-corrected chi connectivity index (χ4v) is 4.64. The summed E-state index contributed by atoms with van der Waals surface area (Å²) in [5, 5.41) is 6.94. The quantitative estimate of drug-likeness (QED) is 0.765. The van der Waals surface area contributed by atoms with Crippen molar-refractivity contribution in [2.75, 3.05) is 20.1 Å². The maximum atomic E-state index is 13.1. The number of likely N-dealkylation sites (N-methyl/N-ethyl adjacent to an activating group) is 1. The summed E-state index contributed by atoms with van der Waals surface area (Å²) in [4.78, 5) is 42.9. The van der Waals surface area contributed by atoms with Gasteiger partial charge in [-0.05, 0) is 44.0 Å². The number of carbonyl (C=O) groups excluding carboxylic acids is 2. The van der Waals surface area contributed by atoms with Gasteiger partial charge >= 0.3 is 0 Å². The van der Waals surface area contributed by atoms with E-state index in [0.29, 0.717) is 26.1 Å². The first-order valence-electron chi connectivity index (χ1n) is 10.8. The van der Waals surface area contributed by atoms with Crippen molar-refractivity contribution >= 4 is 11.8 Å². The van der Waals surface area contributed by atoms with Crippen LogP contribution in [0.4, 0.5) is 0 Å². The molecular weight excluding hydrogens is 396 g/mol. The van der Waals surface area contributed by atoms with Crippen LogP contribution in [0.1, 0.15) is 46.3 Å². The van der Waals surface area contributed by atoms with Gasteiger partial charge in [0.05, 0.1) is 12.2 Å². The van der Waals surface area contributed by atoms with E-state index in [2.05, 4.69) is 15.3 Å². The average Bonchev–Trinajstić information content (AvgIpc) is 3.17. The monoisotopic (exact) mass is 426 g/mol. The SMILES string of the molecule is CN1CCCCC1C(=O)N1CCc2c(cn(C)c(=O)c2C(=O)NCc2cnn(C)c2)C1. The minimum Gasteiger partial charge on any atom is -0.348 e. The van der Waals surface area contributed by atoms with Crippen LogP contribution in [0.5, 0.6) is 0 Å². The number of nitrogens with one attached hydrogen (secondary N) is 1. The van der Waals surface area contributed by atoms with Crippen LogP contribution in [0.25, 0.3) is 0 Å². The minimum absolute atomic E-state index is 0.0786. The molecule has 31 heavy (non-hydrogen) atoms. The first kappa shape index (κ1) is 21.3. The highest BCUT2D eigenvalue weighted by Crippen LogP contribution is 2.24. The molecule has 0 aliphatic carbocycles. The highest BCUT2D eigenvalue weighted by atomic mass is 16.2. The summed E-state index contributed by atoms with van der Waals surface area (Å²) < 4.78 is 3.11. The second-order valence-electron chi connectivity index (χ2n) is 8.63. The molecule has 2 amide bonds. The van der Waals surface area contributed by atoms with Crippen LogP contribution in [0.2, 0.25) is 0 Å². The number of amides is 2. The number of nitrogens with zero attached hydrogens (tertiary/aromatic N) is 5. The van der Waals surface area contributed by atoms with Gasteiger partial charge in [-0.2, -0.15) is 5.10 Å². The Hall–Kier alpha value is -2.94. The Morgan fingerprint density at radius 1 is 1.16 bits per heavy atom. The van der Waals surface area contributed by atoms with Gasteiger partial charge in [0.1, 0.15) is 5.56 Å². The van der Waals surface area contributed by atoms with E-state index in [9.17, 15) is 14.4 Å². The van der Waals surface area contributed by atoms with Crippen molar-refractivity contribution in [1.82, 2.24) is 29.5 Å². The zero-order valence-corrected chi connectivity index (χ0v) is 18.4. The molecule has 1 unspecified atom stereocenters. The van der Waals surface area contributed by atoms with Crippen molar-refractivity contribution in [2.24, 2.45) is 14.1 Å². The normalized spacial score (nSPS) is 19.2. The molecule has 0 spiro atoms. The third kappa shape index (κ3) is 4.27. The lowest BCUT2D eigenvalue weighted by Gasteiger charge is -2.37. The van der Waals surface area contributed by atoms with Crippen molar-refractivity contribution < 1.29 is 9.59 Å². The number of piperidine rings is 1. The molecule has 0 saturated carbocycles. The highest BCUT2D eigenvalue weighted by molar-refractivity contribution is 5.95. The summed E-state index contributed by atoms with van der Waals surface area (Å²) in [5.74, 6) is -0.239. The van der Waals surface area contributed by atoms with Crippen molar-refractivity contribution in [3.05, 3.63) is 51.2 Å². The van der Waals surface area contributed by atoms with Crippen LogP contribution < -0.4 is 10.9 Å².